The highest BCUT2D eigenvalue weighted by atomic mass is 127. The summed E-state index contributed by atoms with van der Waals surface area (Å²) in [6.07, 6.45) is -1.81. The summed E-state index contributed by atoms with van der Waals surface area (Å²) in [7, 11) is -8.61. The SMILES string of the molecule is CCOC(=O)c1ccc(N(C(CC(N)=O)OS(C)(=O)=O)S(=O)(=O)c2cccc(I)c2)cc1. The average Bonchev–Trinajstić information content (AvgIpc) is 2.67. The molecule has 0 spiro atoms. The van der Waals surface area contributed by atoms with Gasteiger partial charge in [-0.15, -0.1) is 0 Å². The summed E-state index contributed by atoms with van der Waals surface area (Å²) in [5, 5.41) is 0. The van der Waals surface area contributed by atoms with Crippen molar-refractivity contribution in [3.63, 3.8) is 0 Å². The first-order valence-electron chi connectivity index (χ1n) is 9.09. The Hall–Kier alpha value is -2.23. The van der Waals surface area contributed by atoms with Gasteiger partial charge in [0.05, 0.1) is 35.4 Å². The number of nitrogens with zero attached hydrogens (tertiary/aromatic N) is 1. The predicted octanol–water partition coefficient (Wildman–Crippen LogP) is 1.84. The molecular weight excluding hydrogens is 575 g/mol. The second kappa shape index (κ2) is 10.6. The summed E-state index contributed by atoms with van der Waals surface area (Å²) in [6.45, 7) is 1.79. The van der Waals surface area contributed by atoms with E-state index in [9.17, 15) is 26.4 Å². The highest BCUT2D eigenvalue weighted by molar-refractivity contribution is 14.1. The van der Waals surface area contributed by atoms with Gasteiger partial charge in [0.25, 0.3) is 20.1 Å². The molecule has 1 amide bonds. The third kappa shape index (κ3) is 6.88. The number of carbonyl (C=O) groups excluding carboxylic acids is 2. The predicted molar refractivity (Wildman–Crippen MR) is 125 cm³/mol. The van der Waals surface area contributed by atoms with Crippen LogP contribution in [0, 0.1) is 3.57 Å². The number of amides is 1. The lowest BCUT2D eigenvalue weighted by molar-refractivity contribution is -0.119. The number of carbonyl (C=O) groups is 2. The number of esters is 1. The highest BCUT2D eigenvalue weighted by Gasteiger charge is 2.36. The summed E-state index contributed by atoms with van der Waals surface area (Å²) in [4.78, 5) is 23.4. The fourth-order valence-corrected chi connectivity index (χ4v) is 5.64. The lowest BCUT2D eigenvalue weighted by Crippen LogP contribution is -2.45. The molecule has 2 aromatic rings. The van der Waals surface area contributed by atoms with Gasteiger partial charge >= 0.3 is 5.97 Å². The van der Waals surface area contributed by atoms with Gasteiger partial charge < -0.3 is 10.5 Å². The molecule has 0 aliphatic carbocycles. The van der Waals surface area contributed by atoms with Gasteiger partial charge in [-0.05, 0) is 72.0 Å². The number of halogens is 1. The van der Waals surface area contributed by atoms with Crippen LogP contribution in [-0.2, 0) is 33.9 Å². The number of nitrogens with two attached hydrogens (primary N) is 1. The van der Waals surface area contributed by atoms with E-state index in [1.54, 1.807) is 13.0 Å². The van der Waals surface area contributed by atoms with E-state index in [1.165, 1.54) is 42.5 Å². The Labute approximate surface area is 200 Å². The number of hydrogen-bond acceptors (Lipinski definition) is 8. The molecule has 0 bridgehead atoms. The van der Waals surface area contributed by atoms with E-state index in [4.69, 9.17) is 14.7 Å². The van der Waals surface area contributed by atoms with Crippen LogP contribution in [0.4, 0.5) is 5.69 Å². The van der Waals surface area contributed by atoms with Gasteiger partial charge in [0.15, 0.2) is 6.23 Å². The minimum atomic E-state index is -4.42. The van der Waals surface area contributed by atoms with Crippen LogP contribution >= 0.6 is 22.6 Å². The minimum Gasteiger partial charge on any atom is -0.462 e. The molecule has 0 saturated carbocycles. The Morgan fingerprint density at radius 1 is 1.09 bits per heavy atom. The standard InChI is InChI=1S/C19H21IN2O8S2/c1-3-29-19(24)13-7-9-15(10-8-13)22(18(12-17(21)23)30-31(2,25)26)32(27,28)16-6-4-5-14(20)11-16/h4-11,18H,3,12H2,1-2H3,(H2,21,23). The third-order valence-electron chi connectivity index (χ3n) is 3.91. The van der Waals surface area contributed by atoms with Crippen molar-refractivity contribution in [3.05, 3.63) is 57.7 Å². The van der Waals surface area contributed by atoms with E-state index >= 15 is 0 Å². The maximum atomic E-state index is 13.5. The van der Waals surface area contributed by atoms with Gasteiger partial charge in [0.1, 0.15) is 0 Å². The molecule has 0 radical (unpaired) electrons. The van der Waals surface area contributed by atoms with Gasteiger partial charge in [0, 0.05) is 3.57 Å². The Bertz CT molecular complexity index is 1200. The van der Waals surface area contributed by atoms with E-state index < -0.39 is 44.7 Å². The number of benzene rings is 2. The van der Waals surface area contributed by atoms with E-state index in [-0.39, 0.29) is 22.8 Å². The van der Waals surface area contributed by atoms with Crippen molar-refractivity contribution in [2.24, 2.45) is 5.73 Å². The fourth-order valence-electron chi connectivity index (χ4n) is 2.69. The summed E-state index contributed by atoms with van der Waals surface area (Å²) < 4.78 is 61.8. The molecule has 32 heavy (non-hydrogen) atoms. The number of rotatable bonds is 10. The van der Waals surface area contributed by atoms with Crippen molar-refractivity contribution in [2.75, 3.05) is 17.2 Å². The number of hydrogen-bond donors (Lipinski definition) is 1. The van der Waals surface area contributed by atoms with Crippen LogP contribution in [0.5, 0.6) is 0 Å². The largest absolute Gasteiger partial charge is 0.462 e. The second-order valence-electron chi connectivity index (χ2n) is 6.45. The van der Waals surface area contributed by atoms with Gasteiger partial charge in [-0.2, -0.15) is 8.42 Å². The zero-order valence-corrected chi connectivity index (χ0v) is 20.9. The molecule has 10 nitrogen and oxygen atoms in total. The Balaban J connectivity index is 2.67. The summed E-state index contributed by atoms with van der Waals surface area (Å²) in [5.41, 5.74) is 5.34. The second-order valence-corrected chi connectivity index (χ2v) is 11.1. The van der Waals surface area contributed by atoms with Crippen LogP contribution in [0.25, 0.3) is 0 Å². The fraction of sp³-hybridized carbons (Fsp3) is 0.263. The molecule has 0 aromatic heterocycles. The molecule has 1 unspecified atom stereocenters. The number of sulfonamides is 1. The van der Waals surface area contributed by atoms with E-state index in [1.807, 2.05) is 22.6 Å². The first-order chi connectivity index (χ1) is 14.8. The normalized spacial score (nSPS) is 12.7. The molecule has 0 heterocycles. The molecule has 0 aliphatic heterocycles. The molecule has 13 heteroatoms. The lowest BCUT2D eigenvalue weighted by Gasteiger charge is -2.31. The van der Waals surface area contributed by atoms with Crippen LogP contribution in [0.1, 0.15) is 23.7 Å². The van der Waals surface area contributed by atoms with Gasteiger partial charge in [-0.25, -0.2) is 21.7 Å². The van der Waals surface area contributed by atoms with Crippen LogP contribution in [0.2, 0.25) is 0 Å². The van der Waals surface area contributed by atoms with E-state index in [0.29, 0.717) is 7.88 Å². The number of ether oxygens (including phenoxy) is 1. The van der Waals surface area contributed by atoms with Crippen molar-refractivity contribution in [1.29, 1.82) is 0 Å². The average molecular weight is 596 g/mol. The van der Waals surface area contributed by atoms with Gasteiger partial charge in [0.2, 0.25) is 5.91 Å². The molecule has 2 N–H and O–H groups in total. The smallest absolute Gasteiger partial charge is 0.338 e. The summed E-state index contributed by atoms with van der Waals surface area (Å²) >= 11 is 1.93. The van der Waals surface area contributed by atoms with Gasteiger partial charge in [-0.1, -0.05) is 6.07 Å². The molecule has 2 aromatic carbocycles. The Morgan fingerprint density at radius 2 is 1.72 bits per heavy atom. The quantitative estimate of drug-likeness (QED) is 0.189. The number of anilines is 1. The van der Waals surface area contributed by atoms with Crippen molar-refractivity contribution in [2.45, 2.75) is 24.5 Å². The van der Waals surface area contributed by atoms with Crippen LogP contribution in [-0.4, -0.2) is 47.8 Å². The molecule has 0 aliphatic rings. The topological polar surface area (TPSA) is 150 Å². The zero-order valence-electron chi connectivity index (χ0n) is 17.1. The molecule has 1 atom stereocenters. The first-order valence-corrected chi connectivity index (χ1v) is 13.4. The number of primary amides is 1. The Kier molecular flexibility index (Phi) is 8.61. The minimum absolute atomic E-state index is 0.0493. The summed E-state index contributed by atoms with van der Waals surface area (Å²) in [5.74, 6) is -1.60. The zero-order chi connectivity index (χ0) is 24.1. The molecule has 2 rings (SSSR count). The monoisotopic (exact) mass is 596 g/mol. The van der Waals surface area contributed by atoms with Crippen LogP contribution < -0.4 is 10.0 Å². The van der Waals surface area contributed by atoms with Crippen molar-refractivity contribution < 1.29 is 35.3 Å². The van der Waals surface area contributed by atoms with Crippen molar-refractivity contribution in [1.82, 2.24) is 0 Å². The maximum Gasteiger partial charge on any atom is 0.338 e. The maximum absolute atomic E-state index is 13.5. The summed E-state index contributed by atoms with van der Waals surface area (Å²) in [6, 6.07) is 11.0. The van der Waals surface area contributed by atoms with E-state index in [0.717, 1.165) is 6.26 Å². The van der Waals surface area contributed by atoms with Crippen molar-refractivity contribution in [3.8, 4) is 0 Å². The molecular formula is C19H21IN2O8S2. The van der Waals surface area contributed by atoms with Crippen LogP contribution in [0.3, 0.4) is 0 Å². The van der Waals surface area contributed by atoms with Gasteiger partial charge in [-0.3, -0.25) is 4.79 Å². The Morgan fingerprint density at radius 3 is 2.22 bits per heavy atom. The lowest BCUT2D eigenvalue weighted by atomic mass is 10.2. The molecule has 0 fully saturated rings. The van der Waals surface area contributed by atoms with Crippen LogP contribution in [0.15, 0.2) is 53.4 Å². The molecule has 0 saturated heterocycles. The first kappa shape index (κ1) is 26.0. The molecule has 174 valence electrons. The van der Waals surface area contributed by atoms with E-state index in [2.05, 4.69) is 0 Å². The van der Waals surface area contributed by atoms with Crippen molar-refractivity contribution >= 4 is 60.3 Å². The third-order valence-corrected chi connectivity index (χ3v) is 6.97. The highest BCUT2D eigenvalue weighted by Crippen LogP contribution is 2.29.